The highest BCUT2D eigenvalue weighted by atomic mass is 16.3. The Hall–Kier alpha value is -7.41. The molecule has 57 heavy (non-hydrogen) atoms. The Bertz CT molecular complexity index is 3320. The van der Waals surface area contributed by atoms with Gasteiger partial charge in [-0.2, -0.15) is 0 Å². The number of furan rings is 2. The van der Waals surface area contributed by atoms with Crippen molar-refractivity contribution < 1.29 is 8.83 Å². The number of hydrogen-bond acceptors (Lipinski definition) is 5. The number of fused-ring (bicyclic) bond motifs is 9. The van der Waals surface area contributed by atoms with Gasteiger partial charge < -0.3 is 18.7 Å². The molecule has 2 atom stereocenters. The van der Waals surface area contributed by atoms with Crippen LogP contribution < -0.4 is 10.6 Å². The number of aliphatic imine (C=N–C) groups is 1. The second kappa shape index (κ2) is 12.6. The molecule has 0 saturated heterocycles. The predicted molar refractivity (Wildman–Crippen MR) is 232 cm³/mol. The zero-order valence-corrected chi connectivity index (χ0v) is 30.7. The quantitative estimate of drug-likeness (QED) is 0.185. The van der Waals surface area contributed by atoms with Crippen molar-refractivity contribution in [1.29, 1.82) is 0 Å². The molecule has 0 saturated carbocycles. The van der Waals surface area contributed by atoms with Gasteiger partial charge >= 0.3 is 0 Å². The summed E-state index contributed by atoms with van der Waals surface area (Å²) < 4.78 is 15.6. The molecule has 6 heteroatoms. The number of benzene rings is 8. The fourth-order valence-corrected chi connectivity index (χ4v) is 8.99. The largest absolute Gasteiger partial charge is 0.456 e. The molecule has 0 bridgehead atoms. The smallest absolute Gasteiger partial charge is 0.136 e. The molecule has 0 spiro atoms. The molecule has 11 aromatic rings. The number of para-hydroxylation sites is 2. The lowest BCUT2D eigenvalue weighted by Gasteiger charge is -2.32. The standard InChI is InChI=1S/C51H34N4O2/c1-3-14-31(15-4-1)49-52-50(32-16-5-2-6-17-32)54-51(53-49)38-22-13-27-45-48(38)47-37(21-12-26-44(47)57-45)36-20-11-25-43-46(36)39-30-33(28-29-42(39)56-43)55-40-23-9-7-18-34(40)35-19-8-10-24-41(35)55/h1-30,49-50,52H,(H,53,54). The molecule has 3 aromatic heterocycles. The summed E-state index contributed by atoms with van der Waals surface area (Å²) in [4.78, 5) is 5.33. The van der Waals surface area contributed by atoms with Crippen LogP contribution in [0, 0.1) is 0 Å². The molecule has 12 rings (SSSR count). The molecular weight excluding hydrogens is 701 g/mol. The summed E-state index contributed by atoms with van der Waals surface area (Å²) in [6.07, 6.45) is -0.415. The van der Waals surface area contributed by atoms with Crippen molar-refractivity contribution in [3.05, 3.63) is 199 Å². The van der Waals surface area contributed by atoms with Gasteiger partial charge in [0.05, 0.1) is 11.0 Å². The molecule has 2 N–H and O–H groups in total. The van der Waals surface area contributed by atoms with Gasteiger partial charge in [-0.05, 0) is 70.8 Å². The molecule has 6 nitrogen and oxygen atoms in total. The fourth-order valence-electron chi connectivity index (χ4n) is 8.99. The molecule has 0 radical (unpaired) electrons. The number of amidine groups is 1. The van der Waals surface area contributed by atoms with Crippen LogP contribution in [0.4, 0.5) is 0 Å². The zero-order valence-electron chi connectivity index (χ0n) is 30.7. The van der Waals surface area contributed by atoms with Gasteiger partial charge in [-0.25, -0.2) is 4.99 Å². The van der Waals surface area contributed by atoms with E-state index in [4.69, 9.17) is 13.8 Å². The topological polar surface area (TPSA) is 67.6 Å². The Balaban J connectivity index is 1.08. The Morgan fingerprint density at radius 3 is 1.67 bits per heavy atom. The highest BCUT2D eigenvalue weighted by molar-refractivity contribution is 6.24. The number of nitrogens with zero attached hydrogens (tertiary/aromatic N) is 2. The summed E-state index contributed by atoms with van der Waals surface area (Å²) in [5, 5.41) is 14.2. The third-order valence-corrected chi connectivity index (χ3v) is 11.5. The van der Waals surface area contributed by atoms with Crippen molar-refractivity contribution in [2.45, 2.75) is 12.3 Å². The summed E-state index contributed by atoms with van der Waals surface area (Å²) in [6.45, 7) is 0. The number of aromatic nitrogens is 1. The lowest BCUT2D eigenvalue weighted by atomic mass is 9.93. The predicted octanol–water partition coefficient (Wildman–Crippen LogP) is 12.6. The molecule has 270 valence electrons. The van der Waals surface area contributed by atoms with Crippen LogP contribution in [-0.4, -0.2) is 10.4 Å². The lowest BCUT2D eigenvalue weighted by molar-refractivity contribution is 0.409. The first-order valence-corrected chi connectivity index (χ1v) is 19.4. The molecule has 1 aliphatic rings. The fraction of sp³-hybridized carbons (Fsp3) is 0.0392. The van der Waals surface area contributed by atoms with E-state index >= 15 is 0 Å². The average Bonchev–Trinajstić information content (AvgIpc) is 3.96. The zero-order chi connectivity index (χ0) is 37.5. The minimum atomic E-state index is -0.254. The van der Waals surface area contributed by atoms with E-state index in [1.54, 1.807) is 0 Å². The van der Waals surface area contributed by atoms with Gasteiger partial charge in [0, 0.05) is 43.6 Å². The van der Waals surface area contributed by atoms with E-state index in [9.17, 15) is 0 Å². The molecular formula is C51H34N4O2. The first-order valence-electron chi connectivity index (χ1n) is 19.4. The average molecular weight is 735 g/mol. The van der Waals surface area contributed by atoms with Crippen LogP contribution in [0.1, 0.15) is 29.0 Å². The van der Waals surface area contributed by atoms with Crippen molar-refractivity contribution in [3.63, 3.8) is 0 Å². The van der Waals surface area contributed by atoms with Crippen LogP contribution in [0.15, 0.2) is 196 Å². The molecule has 0 fully saturated rings. The number of nitrogens with one attached hydrogen (secondary N) is 2. The first kappa shape index (κ1) is 31.9. The first-order chi connectivity index (χ1) is 28.3. The minimum absolute atomic E-state index is 0.161. The van der Waals surface area contributed by atoms with Crippen molar-refractivity contribution in [3.8, 4) is 16.8 Å². The lowest BCUT2D eigenvalue weighted by Crippen LogP contribution is -2.45. The summed E-state index contributed by atoms with van der Waals surface area (Å²) in [5.41, 5.74) is 12.1. The van der Waals surface area contributed by atoms with E-state index < -0.39 is 0 Å². The third kappa shape index (κ3) is 4.98. The van der Waals surface area contributed by atoms with Crippen LogP contribution in [0.3, 0.4) is 0 Å². The molecule has 4 heterocycles. The van der Waals surface area contributed by atoms with Gasteiger partial charge in [0.25, 0.3) is 0 Å². The molecule has 1 aliphatic heterocycles. The second-order valence-electron chi connectivity index (χ2n) is 14.7. The van der Waals surface area contributed by atoms with E-state index in [-0.39, 0.29) is 12.3 Å². The Morgan fingerprint density at radius 2 is 0.982 bits per heavy atom. The van der Waals surface area contributed by atoms with E-state index in [2.05, 4.69) is 185 Å². The maximum Gasteiger partial charge on any atom is 0.136 e. The van der Waals surface area contributed by atoms with Crippen molar-refractivity contribution in [2.24, 2.45) is 4.99 Å². The van der Waals surface area contributed by atoms with Crippen LogP contribution in [-0.2, 0) is 0 Å². The number of hydrogen-bond donors (Lipinski definition) is 2. The Morgan fingerprint density at radius 1 is 0.439 bits per heavy atom. The summed E-state index contributed by atoms with van der Waals surface area (Å²) in [6, 6.07) is 63.7. The van der Waals surface area contributed by atoms with Gasteiger partial charge in [0.2, 0.25) is 0 Å². The summed E-state index contributed by atoms with van der Waals surface area (Å²) in [5.74, 6) is 0.808. The van der Waals surface area contributed by atoms with Gasteiger partial charge in [0.15, 0.2) is 0 Å². The van der Waals surface area contributed by atoms with Crippen LogP contribution >= 0.6 is 0 Å². The molecule has 8 aromatic carbocycles. The molecule has 0 aliphatic carbocycles. The summed E-state index contributed by atoms with van der Waals surface area (Å²) in [7, 11) is 0. The monoisotopic (exact) mass is 734 g/mol. The van der Waals surface area contributed by atoms with Crippen molar-refractivity contribution >= 4 is 71.5 Å². The minimum Gasteiger partial charge on any atom is -0.456 e. The normalized spacial score (nSPS) is 15.9. The second-order valence-corrected chi connectivity index (χ2v) is 14.7. The maximum absolute atomic E-state index is 6.67. The van der Waals surface area contributed by atoms with Crippen LogP contribution in [0.2, 0.25) is 0 Å². The van der Waals surface area contributed by atoms with E-state index in [0.717, 1.165) is 83.2 Å². The van der Waals surface area contributed by atoms with Crippen molar-refractivity contribution in [1.82, 2.24) is 15.2 Å². The van der Waals surface area contributed by atoms with Crippen LogP contribution in [0.25, 0.3) is 82.5 Å². The maximum atomic E-state index is 6.67. The van der Waals surface area contributed by atoms with Gasteiger partial charge in [-0.1, -0.05) is 133 Å². The molecule has 0 amide bonds. The SMILES string of the molecule is c1ccc(C2N=C(c3cccc4oc5cccc(-c6cccc7oc8ccc(-n9c%10ccccc%10c%10ccccc%109)cc8c67)c5c34)NC(c3ccccc3)N2)cc1. The Labute approximate surface area is 327 Å². The van der Waals surface area contributed by atoms with E-state index in [0.29, 0.717) is 0 Å². The summed E-state index contributed by atoms with van der Waals surface area (Å²) >= 11 is 0. The van der Waals surface area contributed by atoms with E-state index in [1.807, 2.05) is 12.1 Å². The number of rotatable bonds is 5. The van der Waals surface area contributed by atoms with Gasteiger partial charge in [-0.15, -0.1) is 0 Å². The van der Waals surface area contributed by atoms with Crippen molar-refractivity contribution in [2.75, 3.05) is 0 Å². The van der Waals surface area contributed by atoms with Gasteiger partial charge in [0.1, 0.15) is 40.5 Å². The van der Waals surface area contributed by atoms with Crippen LogP contribution in [0.5, 0.6) is 0 Å². The van der Waals surface area contributed by atoms with Gasteiger partial charge in [-0.3, -0.25) is 5.32 Å². The third-order valence-electron chi connectivity index (χ3n) is 11.5. The highest BCUT2D eigenvalue weighted by Gasteiger charge is 2.28. The van der Waals surface area contributed by atoms with E-state index in [1.165, 1.54) is 21.8 Å². The Kier molecular flexibility index (Phi) is 7.03. The highest BCUT2D eigenvalue weighted by Crippen LogP contribution is 2.44. The molecule has 2 unspecified atom stereocenters.